The van der Waals surface area contributed by atoms with Gasteiger partial charge in [-0.05, 0) is 50.8 Å². The standard InChI is InChI=1S/C22H25NO7/c1-21-16(10-11-29-15-9-5-8-14(12-15)19(26)27)18(25)23-22(21,20(28)30-21)17(24)13-6-3-2-4-7-13/h3,5-6,8-9,12-13,16-17,24H,2,4,7,10-11H2,1H3,(H,23,25)(H,26,27). The van der Waals surface area contributed by atoms with Crippen molar-refractivity contribution in [1.82, 2.24) is 5.32 Å². The van der Waals surface area contributed by atoms with Gasteiger partial charge in [0.05, 0.1) is 24.2 Å². The van der Waals surface area contributed by atoms with Gasteiger partial charge in [0.15, 0.2) is 5.60 Å². The first kappa shape index (κ1) is 20.4. The molecule has 1 aliphatic carbocycles. The summed E-state index contributed by atoms with van der Waals surface area (Å²) in [6.45, 7) is 1.81. The smallest absolute Gasteiger partial charge is 0.339 e. The number of carboxylic acid groups (broad SMARTS) is 1. The van der Waals surface area contributed by atoms with E-state index in [9.17, 15) is 19.5 Å². The number of carboxylic acids is 1. The van der Waals surface area contributed by atoms with Crippen LogP contribution in [-0.2, 0) is 14.3 Å². The second-order valence-electron chi connectivity index (χ2n) is 8.28. The molecule has 8 nitrogen and oxygen atoms in total. The van der Waals surface area contributed by atoms with Crippen LogP contribution in [0.25, 0.3) is 0 Å². The Labute approximate surface area is 173 Å². The number of aromatic carboxylic acids is 1. The van der Waals surface area contributed by atoms with Crippen LogP contribution in [0.4, 0.5) is 0 Å². The Morgan fingerprint density at radius 3 is 2.87 bits per heavy atom. The fraction of sp³-hybridized carbons (Fsp3) is 0.500. The number of carbonyl (C=O) groups is 3. The van der Waals surface area contributed by atoms with Crippen LogP contribution in [0.3, 0.4) is 0 Å². The number of amides is 1. The Bertz CT molecular complexity index is 913. The van der Waals surface area contributed by atoms with E-state index in [1.165, 1.54) is 12.1 Å². The van der Waals surface area contributed by atoms with Crippen molar-refractivity contribution < 1.29 is 34.1 Å². The lowest BCUT2D eigenvalue weighted by Gasteiger charge is -2.54. The number of aliphatic hydroxyl groups excluding tert-OH is 1. The van der Waals surface area contributed by atoms with E-state index in [0.29, 0.717) is 5.75 Å². The number of carbonyl (C=O) groups excluding carboxylic acids is 2. The number of ether oxygens (including phenoxy) is 2. The molecule has 0 aromatic heterocycles. The first-order chi connectivity index (χ1) is 14.3. The number of allylic oxidation sites excluding steroid dienone is 1. The number of benzene rings is 1. The summed E-state index contributed by atoms with van der Waals surface area (Å²) in [6.07, 6.45) is 5.68. The molecule has 0 spiro atoms. The summed E-state index contributed by atoms with van der Waals surface area (Å²) >= 11 is 0. The number of fused-ring (bicyclic) bond motifs is 1. The Morgan fingerprint density at radius 2 is 2.20 bits per heavy atom. The maximum Gasteiger partial charge on any atom is 0.339 e. The van der Waals surface area contributed by atoms with E-state index in [0.717, 1.165) is 19.3 Å². The second-order valence-corrected chi connectivity index (χ2v) is 8.28. The largest absolute Gasteiger partial charge is 0.494 e. The molecule has 3 N–H and O–H groups in total. The van der Waals surface area contributed by atoms with Gasteiger partial charge >= 0.3 is 11.9 Å². The Hall–Kier alpha value is -2.87. The van der Waals surface area contributed by atoms with Gasteiger partial charge in [0.1, 0.15) is 5.75 Å². The van der Waals surface area contributed by atoms with E-state index >= 15 is 0 Å². The highest BCUT2D eigenvalue weighted by atomic mass is 16.6. The van der Waals surface area contributed by atoms with Gasteiger partial charge in [-0.1, -0.05) is 18.2 Å². The van der Waals surface area contributed by atoms with E-state index in [4.69, 9.17) is 14.6 Å². The Kier molecular flexibility index (Phi) is 5.05. The summed E-state index contributed by atoms with van der Waals surface area (Å²) in [7, 11) is 0. The van der Waals surface area contributed by atoms with Gasteiger partial charge < -0.3 is 25.0 Å². The first-order valence-corrected chi connectivity index (χ1v) is 10.2. The quantitative estimate of drug-likeness (QED) is 0.457. The number of rotatable bonds is 7. The maximum atomic E-state index is 12.8. The molecular formula is C22H25NO7. The predicted molar refractivity (Wildman–Crippen MR) is 105 cm³/mol. The summed E-state index contributed by atoms with van der Waals surface area (Å²) in [5.41, 5.74) is -2.52. The molecule has 5 unspecified atom stereocenters. The average molecular weight is 415 g/mol. The van der Waals surface area contributed by atoms with Gasteiger partial charge in [-0.15, -0.1) is 0 Å². The molecule has 0 bridgehead atoms. The highest BCUT2D eigenvalue weighted by molar-refractivity contribution is 6.01. The maximum absolute atomic E-state index is 12.8. The third kappa shape index (κ3) is 2.98. The fourth-order valence-electron chi connectivity index (χ4n) is 4.89. The minimum atomic E-state index is -1.45. The molecule has 1 aromatic rings. The topological polar surface area (TPSA) is 122 Å². The highest BCUT2D eigenvalue weighted by Crippen LogP contribution is 2.53. The van der Waals surface area contributed by atoms with Crippen molar-refractivity contribution in [3.8, 4) is 5.75 Å². The summed E-state index contributed by atoms with van der Waals surface area (Å²) in [5, 5.41) is 22.9. The summed E-state index contributed by atoms with van der Waals surface area (Å²) < 4.78 is 11.1. The first-order valence-electron chi connectivity index (χ1n) is 10.2. The van der Waals surface area contributed by atoms with Crippen molar-refractivity contribution in [2.75, 3.05) is 6.61 Å². The van der Waals surface area contributed by atoms with Gasteiger partial charge in [0, 0.05) is 5.92 Å². The minimum Gasteiger partial charge on any atom is -0.494 e. The lowest BCUT2D eigenvalue weighted by Crippen LogP contribution is -2.80. The normalized spacial score (nSPS) is 33.1. The molecule has 8 heteroatoms. The van der Waals surface area contributed by atoms with Crippen molar-refractivity contribution in [2.45, 2.75) is 49.9 Å². The van der Waals surface area contributed by atoms with Crippen LogP contribution in [0, 0.1) is 11.8 Å². The molecule has 5 atom stereocenters. The molecule has 2 fully saturated rings. The van der Waals surface area contributed by atoms with Crippen LogP contribution >= 0.6 is 0 Å². The molecule has 3 aliphatic rings. The molecule has 30 heavy (non-hydrogen) atoms. The molecule has 1 aromatic carbocycles. The lowest BCUT2D eigenvalue weighted by atomic mass is 9.64. The van der Waals surface area contributed by atoms with Crippen LogP contribution in [0.15, 0.2) is 36.4 Å². The number of esters is 1. The third-order valence-electron chi connectivity index (χ3n) is 6.61. The van der Waals surface area contributed by atoms with E-state index in [1.54, 1.807) is 19.1 Å². The van der Waals surface area contributed by atoms with E-state index in [2.05, 4.69) is 5.32 Å². The molecule has 1 amide bonds. The number of aliphatic hydroxyl groups is 1. The predicted octanol–water partition coefficient (Wildman–Crippen LogP) is 1.67. The molecule has 160 valence electrons. The molecule has 0 saturated carbocycles. The van der Waals surface area contributed by atoms with Crippen LogP contribution < -0.4 is 10.1 Å². The molecule has 4 rings (SSSR count). The zero-order valence-corrected chi connectivity index (χ0v) is 16.7. The lowest BCUT2D eigenvalue weighted by molar-refractivity contribution is -0.238. The summed E-state index contributed by atoms with van der Waals surface area (Å²) in [5.74, 6) is -2.55. The van der Waals surface area contributed by atoms with Gasteiger partial charge in [0.2, 0.25) is 11.4 Å². The van der Waals surface area contributed by atoms with Gasteiger partial charge in [-0.25, -0.2) is 9.59 Å². The van der Waals surface area contributed by atoms with Crippen molar-refractivity contribution in [2.24, 2.45) is 11.8 Å². The minimum absolute atomic E-state index is 0.105. The van der Waals surface area contributed by atoms with E-state index in [-0.39, 0.29) is 30.4 Å². The van der Waals surface area contributed by atoms with Crippen LogP contribution in [-0.4, -0.2) is 51.9 Å². The van der Waals surface area contributed by atoms with Crippen LogP contribution in [0.5, 0.6) is 5.75 Å². The second kappa shape index (κ2) is 7.43. The summed E-state index contributed by atoms with van der Waals surface area (Å²) in [4.78, 5) is 36.3. The Morgan fingerprint density at radius 1 is 1.40 bits per heavy atom. The Balaban J connectivity index is 1.47. The fourth-order valence-corrected chi connectivity index (χ4v) is 4.89. The molecule has 2 aliphatic heterocycles. The van der Waals surface area contributed by atoms with E-state index in [1.807, 2.05) is 12.2 Å². The number of hydrogen-bond donors (Lipinski definition) is 3. The van der Waals surface area contributed by atoms with Crippen molar-refractivity contribution in [3.63, 3.8) is 0 Å². The molecule has 2 saturated heterocycles. The van der Waals surface area contributed by atoms with Crippen molar-refractivity contribution in [3.05, 3.63) is 42.0 Å². The molecule has 2 heterocycles. The van der Waals surface area contributed by atoms with E-state index < -0.39 is 35.1 Å². The number of hydrogen-bond acceptors (Lipinski definition) is 6. The highest BCUT2D eigenvalue weighted by Gasteiger charge is 2.79. The number of nitrogens with one attached hydrogen (secondary N) is 1. The third-order valence-corrected chi connectivity index (χ3v) is 6.61. The zero-order valence-electron chi connectivity index (χ0n) is 16.7. The SMILES string of the molecule is CC12OC(=O)C1(C(O)C1C=CCCC1)NC(=O)C2CCOc1cccc(C(=O)O)c1. The van der Waals surface area contributed by atoms with Crippen LogP contribution in [0.1, 0.15) is 43.0 Å². The van der Waals surface area contributed by atoms with Gasteiger partial charge in [-0.3, -0.25) is 4.79 Å². The van der Waals surface area contributed by atoms with Crippen molar-refractivity contribution in [1.29, 1.82) is 0 Å². The molecular weight excluding hydrogens is 390 g/mol. The zero-order chi connectivity index (χ0) is 21.5. The van der Waals surface area contributed by atoms with Gasteiger partial charge in [0.25, 0.3) is 0 Å². The average Bonchev–Trinajstić information content (AvgIpc) is 2.91. The molecule has 0 radical (unpaired) electrons. The van der Waals surface area contributed by atoms with Gasteiger partial charge in [-0.2, -0.15) is 0 Å². The van der Waals surface area contributed by atoms with Crippen molar-refractivity contribution >= 4 is 17.8 Å². The summed E-state index contributed by atoms with van der Waals surface area (Å²) in [6, 6.07) is 6.08. The van der Waals surface area contributed by atoms with Crippen LogP contribution in [0.2, 0.25) is 0 Å². The monoisotopic (exact) mass is 415 g/mol.